The lowest BCUT2D eigenvalue weighted by molar-refractivity contribution is -0.134. The van der Waals surface area contributed by atoms with Crippen LogP contribution in [-0.4, -0.2) is 73.2 Å². The lowest BCUT2D eigenvalue weighted by Crippen LogP contribution is -2.71. The number of halogens is 2. The summed E-state index contributed by atoms with van der Waals surface area (Å²) in [4.78, 5) is 29.6. The predicted octanol–water partition coefficient (Wildman–Crippen LogP) is 7.89. The number of aromatic nitrogens is 4. The Kier molecular flexibility index (Phi) is 9.51. The summed E-state index contributed by atoms with van der Waals surface area (Å²) in [7, 11) is 0. The number of carbonyl (C=O) groups excluding carboxylic acids is 1. The zero-order valence-corrected chi connectivity index (χ0v) is 31.7. The molecule has 2 aliphatic heterocycles. The molecule has 2 bridgehead atoms. The maximum absolute atomic E-state index is 14.6. The van der Waals surface area contributed by atoms with E-state index in [-0.39, 0.29) is 51.5 Å². The van der Waals surface area contributed by atoms with Crippen LogP contribution in [0.15, 0.2) is 60.8 Å². The van der Waals surface area contributed by atoms with Crippen LogP contribution < -0.4 is 14.4 Å². The van der Waals surface area contributed by atoms with Gasteiger partial charge in [-0.25, -0.2) is 4.39 Å². The molecule has 278 valence electrons. The normalized spacial score (nSPS) is 22.3. The largest absolute Gasteiger partial charge is 0.490 e. The first kappa shape index (κ1) is 35.7. The second kappa shape index (κ2) is 14.1. The molecule has 53 heavy (non-hydrogen) atoms. The first-order valence-electron chi connectivity index (χ1n) is 19.0. The number of nitrogens with zero attached hydrogens (tertiary/aromatic N) is 7. The molecule has 0 atom stereocenters. The average Bonchev–Trinajstić information content (AvgIpc) is 3.09. The summed E-state index contributed by atoms with van der Waals surface area (Å²) in [6.45, 7) is 12.2. The Morgan fingerprint density at radius 3 is 2.47 bits per heavy atom. The van der Waals surface area contributed by atoms with E-state index in [0.717, 1.165) is 82.7 Å². The van der Waals surface area contributed by atoms with Crippen molar-refractivity contribution in [3.63, 3.8) is 0 Å². The van der Waals surface area contributed by atoms with Gasteiger partial charge in [0.25, 0.3) is 11.8 Å². The molecular formula is C41H47ClFN7O3. The van der Waals surface area contributed by atoms with Crippen LogP contribution in [0.2, 0.25) is 5.28 Å². The first-order valence-corrected chi connectivity index (χ1v) is 19.4. The van der Waals surface area contributed by atoms with E-state index in [1.807, 2.05) is 44.9 Å². The molecule has 1 spiro atoms. The standard InChI is InChI=1S/C39H41ClFN7O3.C2H6/c1-24(2)48(39-15-26(16-39)17-39)36(49)29-14-27(41)8-9-32(29)51-35-34(43-37(40)45-44-35)47-22-38(23-47)18-28(19-38)50-33-10-12-42-31-11-13-46(21-30(31)33)20-25-6-4-3-5-7-25;1-2/h3-10,12,14,24,26,28H,11,13,15-23H2,1-2H3;1-2H3. The summed E-state index contributed by atoms with van der Waals surface area (Å²) in [6.07, 6.45) is 7.73. The predicted molar refractivity (Wildman–Crippen MR) is 201 cm³/mol. The highest BCUT2D eigenvalue weighted by Gasteiger charge is 2.62. The number of carbonyl (C=O) groups is 1. The Balaban J connectivity index is 0.00000197. The molecule has 4 heterocycles. The number of hydrogen-bond acceptors (Lipinski definition) is 9. The van der Waals surface area contributed by atoms with Crippen LogP contribution >= 0.6 is 11.6 Å². The molecule has 10 nitrogen and oxygen atoms in total. The van der Waals surface area contributed by atoms with Crippen LogP contribution in [0.4, 0.5) is 10.2 Å². The van der Waals surface area contributed by atoms with Gasteiger partial charge in [0.05, 0.1) is 5.56 Å². The van der Waals surface area contributed by atoms with Crippen LogP contribution in [0.3, 0.4) is 0 Å². The summed E-state index contributed by atoms with van der Waals surface area (Å²) in [5, 5.41) is 8.19. The average molecular weight is 740 g/mol. The third kappa shape index (κ3) is 6.71. The van der Waals surface area contributed by atoms with Gasteiger partial charge in [-0.2, -0.15) is 4.98 Å². The van der Waals surface area contributed by atoms with E-state index < -0.39 is 5.82 Å². The van der Waals surface area contributed by atoms with Gasteiger partial charge < -0.3 is 19.3 Å². The van der Waals surface area contributed by atoms with E-state index in [9.17, 15) is 9.18 Å². The lowest BCUT2D eigenvalue weighted by Gasteiger charge is -2.67. The van der Waals surface area contributed by atoms with E-state index in [0.29, 0.717) is 11.7 Å². The highest BCUT2D eigenvalue weighted by atomic mass is 35.5. The van der Waals surface area contributed by atoms with Crippen molar-refractivity contribution in [3.05, 3.63) is 94.3 Å². The molecule has 0 N–H and O–H groups in total. The van der Waals surface area contributed by atoms with Crippen molar-refractivity contribution in [1.29, 1.82) is 0 Å². The Bertz CT molecular complexity index is 1970. The van der Waals surface area contributed by atoms with E-state index in [1.54, 1.807) is 0 Å². The number of anilines is 1. The number of benzene rings is 2. The van der Waals surface area contributed by atoms with Crippen molar-refractivity contribution in [3.8, 4) is 17.4 Å². The number of ether oxygens (including phenoxy) is 2. The number of fused-ring (bicyclic) bond motifs is 1. The molecule has 1 amide bonds. The van der Waals surface area contributed by atoms with E-state index in [2.05, 4.69) is 60.3 Å². The molecule has 1 saturated heterocycles. The molecule has 2 aromatic heterocycles. The monoisotopic (exact) mass is 739 g/mol. The van der Waals surface area contributed by atoms with Crippen molar-refractivity contribution >= 4 is 23.3 Å². The molecule has 10 rings (SSSR count). The fraction of sp³-hybridized carbons (Fsp3) is 0.488. The van der Waals surface area contributed by atoms with Crippen molar-refractivity contribution in [1.82, 2.24) is 30.0 Å². The third-order valence-corrected chi connectivity index (χ3v) is 11.8. The van der Waals surface area contributed by atoms with Crippen molar-refractivity contribution < 1.29 is 18.7 Å². The molecule has 4 aromatic rings. The minimum Gasteiger partial charge on any atom is -0.490 e. The maximum Gasteiger partial charge on any atom is 0.282 e. The molecule has 12 heteroatoms. The third-order valence-electron chi connectivity index (χ3n) is 11.6. The molecule has 6 aliphatic rings. The SMILES string of the molecule is CC.CC(C)N(C(=O)c1cc(F)ccc1Oc1nnc(Cl)nc1N1CC2(CC(Oc3ccnc4c3CN(Cc3ccccc3)CC4)C2)C1)C12CC(C1)C2. The smallest absolute Gasteiger partial charge is 0.282 e. The van der Waals surface area contributed by atoms with Gasteiger partial charge in [0.1, 0.15) is 23.4 Å². The number of pyridine rings is 1. The Hall–Kier alpha value is -4.35. The van der Waals surface area contributed by atoms with Gasteiger partial charge in [0.15, 0.2) is 5.82 Å². The first-order chi connectivity index (χ1) is 25.7. The summed E-state index contributed by atoms with van der Waals surface area (Å²) in [5.41, 5.74) is 3.74. The minimum atomic E-state index is -0.504. The van der Waals surface area contributed by atoms with Crippen LogP contribution in [0.25, 0.3) is 0 Å². The van der Waals surface area contributed by atoms with E-state index in [4.69, 9.17) is 21.1 Å². The zero-order chi connectivity index (χ0) is 36.9. The fourth-order valence-corrected chi connectivity index (χ4v) is 9.29. The molecule has 5 fully saturated rings. The van der Waals surface area contributed by atoms with Gasteiger partial charge in [-0.1, -0.05) is 44.2 Å². The van der Waals surface area contributed by atoms with E-state index in [1.165, 1.54) is 29.3 Å². The Morgan fingerprint density at radius 2 is 1.77 bits per heavy atom. The summed E-state index contributed by atoms with van der Waals surface area (Å²) < 4.78 is 27.5. The van der Waals surface area contributed by atoms with Crippen molar-refractivity contribution in [2.45, 2.75) is 97.0 Å². The Morgan fingerprint density at radius 1 is 1.02 bits per heavy atom. The Labute approximate surface area is 315 Å². The molecule has 4 aliphatic carbocycles. The van der Waals surface area contributed by atoms with Gasteiger partial charge in [-0.05, 0) is 93.3 Å². The quantitative estimate of drug-likeness (QED) is 0.161. The van der Waals surface area contributed by atoms with Crippen molar-refractivity contribution in [2.24, 2.45) is 11.3 Å². The van der Waals surface area contributed by atoms with Crippen molar-refractivity contribution in [2.75, 3.05) is 24.5 Å². The van der Waals surface area contributed by atoms with Crippen LogP contribution in [0.1, 0.15) is 87.0 Å². The lowest BCUT2D eigenvalue weighted by atomic mass is 9.48. The highest BCUT2D eigenvalue weighted by molar-refractivity contribution is 6.28. The maximum atomic E-state index is 14.6. The second-order valence-electron chi connectivity index (χ2n) is 15.6. The highest BCUT2D eigenvalue weighted by Crippen LogP contribution is 2.61. The number of amides is 1. The number of hydrogen-bond donors (Lipinski definition) is 0. The zero-order valence-electron chi connectivity index (χ0n) is 30.9. The molecule has 0 radical (unpaired) electrons. The van der Waals surface area contributed by atoms with Gasteiger partial charge in [-0.15, -0.1) is 10.2 Å². The van der Waals surface area contributed by atoms with Gasteiger partial charge >= 0.3 is 0 Å². The van der Waals surface area contributed by atoms with Crippen LogP contribution in [-0.2, 0) is 19.5 Å². The number of rotatable bonds is 10. The van der Waals surface area contributed by atoms with Gasteiger partial charge in [0.2, 0.25) is 5.28 Å². The molecule has 2 aromatic carbocycles. The molecule has 0 unspecified atom stereocenters. The van der Waals surface area contributed by atoms with Crippen LogP contribution in [0.5, 0.6) is 17.4 Å². The molecule has 4 saturated carbocycles. The summed E-state index contributed by atoms with van der Waals surface area (Å²) in [6, 6.07) is 16.6. The minimum absolute atomic E-state index is 0.00176. The van der Waals surface area contributed by atoms with Gasteiger partial charge in [0, 0.05) is 73.6 Å². The fourth-order valence-electron chi connectivity index (χ4n) is 9.17. The second-order valence-corrected chi connectivity index (χ2v) is 15.9. The topological polar surface area (TPSA) is 96.8 Å². The van der Waals surface area contributed by atoms with Gasteiger partial charge in [-0.3, -0.25) is 14.7 Å². The summed E-state index contributed by atoms with van der Waals surface area (Å²) in [5.74, 6) is 1.68. The van der Waals surface area contributed by atoms with E-state index >= 15 is 0 Å². The van der Waals surface area contributed by atoms with Crippen LogP contribution in [0, 0.1) is 17.2 Å². The summed E-state index contributed by atoms with van der Waals surface area (Å²) >= 11 is 6.24. The molecular weight excluding hydrogens is 693 g/mol.